The van der Waals surface area contributed by atoms with Gasteiger partial charge in [-0.1, -0.05) is 13.3 Å². The van der Waals surface area contributed by atoms with E-state index in [1.54, 1.807) is 4.90 Å². The van der Waals surface area contributed by atoms with E-state index in [1.807, 2.05) is 11.8 Å². The molecular formula is C16H21F3N2O2. The van der Waals surface area contributed by atoms with Gasteiger partial charge in [-0.3, -0.25) is 0 Å². The Balaban J connectivity index is 1.85. The summed E-state index contributed by atoms with van der Waals surface area (Å²) in [7, 11) is 0. The lowest BCUT2D eigenvalue weighted by Gasteiger charge is -2.35. The van der Waals surface area contributed by atoms with Crippen molar-refractivity contribution < 1.29 is 22.7 Å². The Morgan fingerprint density at radius 3 is 2.26 bits per heavy atom. The summed E-state index contributed by atoms with van der Waals surface area (Å²) in [5.74, 6) is 0. The highest BCUT2D eigenvalue weighted by atomic mass is 19.4. The minimum atomic E-state index is -4.32. The third kappa shape index (κ3) is 4.77. The summed E-state index contributed by atoms with van der Waals surface area (Å²) in [6.07, 6.45) is -2.82. The van der Waals surface area contributed by atoms with Crippen LogP contribution in [0, 0.1) is 0 Å². The second-order valence-electron chi connectivity index (χ2n) is 5.49. The number of halogens is 3. The third-order valence-corrected chi connectivity index (χ3v) is 3.82. The summed E-state index contributed by atoms with van der Waals surface area (Å²) >= 11 is 0. The SMILES string of the molecule is CCCCOC(=O)N1CCN(c2ccc(C(F)(F)F)cc2)CC1. The highest BCUT2D eigenvalue weighted by molar-refractivity contribution is 5.68. The van der Waals surface area contributed by atoms with E-state index >= 15 is 0 Å². The molecule has 23 heavy (non-hydrogen) atoms. The van der Waals surface area contributed by atoms with Crippen molar-refractivity contribution in [3.8, 4) is 0 Å². The van der Waals surface area contributed by atoms with E-state index in [1.165, 1.54) is 12.1 Å². The van der Waals surface area contributed by atoms with E-state index in [2.05, 4.69) is 0 Å². The predicted octanol–water partition coefficient (Wildman–Crippen LogP) is 3.76. The molecule has 0 bridgehead atoms. The van der Waals surface area contributed by atoms with Crippen molar-refractivity contribution in [3.05, 3.63) is 29.8 Å². The number of piperazine rings is 1. The number of carbonyl (C=O) groups is 1. The third-order valence-electron chi connectivity index (χ3n) is 3.82. The topological polar surface area (TPSA) is 32.8 Å². The molecule has 1 saturated heterocycles. The number of alkyl halides is 3. The molecule has 2 rings (SSSR count). The van der Waals surface area contributed by atoms with Gasteiger partial charge in [0, 0.05) is 31.9 Å². The summed E-state index contributed by atoms with van der Waals surface area (Å²) in [4.78, 5) is 15.4. The van der Waals surface area contributed by atoms with Crippen LogP contribution in [-0.4, -0.2) is 43.8 Å². The number of hydrogen-bond donors (Lipinski definition) is 0. The van der Waals surface area contributed by atoms with Crippen molar-refractivity contribution in [2.24, 2.45) is 0 Å². The Morgan fingerprint density at radius 2 is 1.74 bits per heavy atom. The first kappa shape index (κ1) is 17.4. The van der Waals surface area contributed by atoms with Crippen molar-refractivity contribution in [2.45, 2.75) is 25.9 Å². The zero-order chi connectivity index (χ0) is 16.9. The minimum absolute atomic E-state index is 0.314. The van der Waals surface area contributed by atoms with Crippen LogP contribution in [0.2, 0.25) is 0 Å². The van der Waals surface area contributed by atoms with Gasteiger partial charge in [-0.2, -0.15) is 13.2 Å². The largest absolute Gasteiger partial charge is 0.449 e. The number of amides is 1. The second-order valence-corrected chi connectivity index (χ2v) is 5.49. The highest BCUT2D eigenvalue weighted by Gasteiger charge is 2.30. The van der Waals surface area contributed by atoms with Gasteiger partial charge in [0.05, 0.1) is 12.2 Å². The van der Waals surface area contributed by atoms with Crippen molar-refractivity contribution in [1.29, 1.82) is 0 Å². The zero-order valence-electron chi connectivity index (χ0n) is 13.1. The molecule has 1 fully saturated rings. The van der Waals surface area contributed by atoms with Crippen LogP contribution < -0.4 is 4.90 Å². The van der Waals surface area contributed by atoms with Crippen LogP contribution in [0.4, 0.5) is 23.7 Å². The smallest absolute Gasteiger partial charge is 0.416 e. The maximum Gasteiger partial charge on any atom is 0.416 e. The maximum absolute atomic E-state index is 12.6. The first-order valence-electron chi connectivity index (χ1n) is 7.75. The molecule has 1 amide bonds. The van der Waals surface area contributed by atoms with Crippen LogP contribution in [0.1, 0.15) is 25.3 Å². The van der Waals surface area contributed by atoms with Crippen LogP contribution in [0.15, 0.2) is 24.3 Å². The van der Waals surface area contributed by atoms with E-state index in [9.17, 15) is 18.0 Å². The molecule has 0 saturated carbocycles. The fourth-order valence-electron chi connectivity index (χ4n) is 2.40. The molecular weight excluding hydrogens is 309 g/mol. The maximum atomic E-state index is 12.6. The average molecular weight is 330 g/mol. The quantitative estimate of drug-likeness (QED) is 0.788. The molecule has 1 aliphatic rings. The molecule has 1 aromatic carbocycles. The number of hydrogen-bond acceptors (Lipinski definition) is 3. The number of rotatable bonds is 4. The molecule has 128 valence electrons. The lowest BCUT2D eigenvalue weighted by Crippen LogP contribution is -2.49. The van der Waals surface area contributed by atoms with Gasteiger partial charge in [-0.25, -0.2) is 4.79 Å². The van der Waals surface area contributed by atoms with Crippen molar-refractivity contribution in [3.63, 3.8) is 0 Å². The Labute approximate surface area is 133 Å². The lowest BCUT2D eigenvalue weighted by atomic mass is 10.1. The van der Waals surface area contributed by atoms with E-state index in [0.29, 0.717) is 32.8 Å². The number of nitrogens with zero attached hydrogens (tertiary/aromatic N) is 2. The van der Waals surface area contributed by atoms with E-state index in [0.717, 1.165) is 30.7 Å². The molecule has 4 nitrogen and oxygen atoms in total. The van der Waals surface area contributed by atoms with Crippen LogP contribution in [-0.2, 0) is 10.9 Å². The zero-order valence-corrected chi connectivity index (χ0v) is 13.1. The van der Waals surface area contributed by atoms with Crippen molar-refractivity contribution in [1.82, 2.24) is 4.90 Å². The number of unbranched alkanes of at least 4 members (excludes halogenated alkanes) is 1. The molecule has 1 aliphatic heterocycles. The second kappa shape index (κ2) is 7.57. The number of anilines is 1. The van der Waals surface area contributed by atoms with Gasteiger partial charge < -0.3 is 14.5 Å². The van der Waals surface area contributed by atoms with Crippen molar-refractivity contribution in [2.75, 3.05) is 37.7 Å². The van der Waals surface area contributed by atoms with Gasteiger partial charge in [-0.15, -0.1) is 0 Å². The highest BCUT2D eigenvalue weighted by Crippen LogP contribution is 2.30. The molecule has 0 radical (unpaired) electrons. The summed E-state index contributed by atoms with van der Waals surface area (Å²) in [6.45, 7) is 4.62. The molecule has 0 atom stereocenters. The fraction of sp³-hybridized carbons (Fsp3) is 0.562. The van der Waals surface area contributed by atoms with Crippen LogP contribution in [0.5, 0.6) is 0 Å². The standard InChI is InChI=1S/C16H21F3N2O2/c1-2-3-12-23-15(22)21-10-8-20(9-11-21)14-6-4-13(5-7-14)16(17,18)19/h4-7H,2-3,8-12H2,1H3. The summed E-state index contributed by atoms with van der Waals surface area (Å²) in [5.41, 5.74) is 0.0800. The van der Waals surface area contributed by atoms with E-state index in [-0.39, 0.29) is 6.09 Å². The summed E-state index contributed by atoms with van der Waals surface area (Å²) in [5, 5.41) is 0. The van der Waals surface area contributed by atoms with Crippen LogP contribution >= 0.6 is 0 Å². The van der Waals surface area contributed by atoms with Gasteiger partial charge in [0.15, 0.2) is 0 Å². The monoisotopic (exact) mass is 330 g/mol. The average Bonchev–Trinajstić information content (AvgIpc) is 2.54. The van der Waals surface area contributed by atoms with Crippen LogP contribution in [0.25, 0.3) is 0 Å². The van der Waals surface area contributed by atoms with Gasteiger partial charge in [0.2, 0.25) is 0 Å². The van der Waals surface area contributed by atoms with Gasteiger partial charge in [0.1, 0.15) is 0 Å². The molecule has 0 unspecified atom stereocenters. The molecule has 0 aliphatic carbocycles. The predicted molar refractivity (Wildman–Crippen MR) is 81.5 cm³/mol. The number of ether oxygens (including phenoxy) is 1. The molecule has 1 heterocycles. The minimum Gasteiger partial charge on any atom is -0.449 e. The first-order chi connectivity index (χ1) is 10.9. The Morgan fingerprint density at radius 1 is 1.13 bits per heavy atom. The molecule has 0 aromatic heterocycles. The molecule has 1 aromatic rings. The summed E-state index contributed by atoms with van der Waals surface area (Å²) < 4.78 is 42.8. The van der Waals surface area contributed by atoms with E-state index in [4.69, 9.17) is 4.74 Å². The molecule has 7 heteroatoms. The van der Waals surface area contributed by atoms with Gasteiger partial charge in [-0.05, 0) is 30.7 Å². The Bertz CT molecular complexity index is 509. The van der Waals surface area contributed by atoms with E-state index < -0.39 is 11.7 Å². The van der Waals surface area contributed by atoms with Crippen molar-refractivity contribution >= 4 is 11.8 Å². The number of carbonyl (C=O) groups excluding carboxylic acids is 1. The first-order valence-corrected chi connectivity index (χ1v) is 7.75. The normalized spacial score (nSPS) is 15.7. The summed E-state index contributed by atoms with van der Waals surface area (Å²) in [6, 6.07) is 5.11. The fourth-order valence-corrected chi connectivity index (χ4v) is 2.40. The molecule has 0 spiro atoms. The Hall–Kier alpha value is -1.92. The van der Waals surface area contributed by atoms with Crippen LogP contribution in [0.3, 0.4) is 0 Å². The number of benzene rings is 1. The lowest BCUT2D eigenvalue weighted by molar-refractivity contribution is -0.137. The molecule has 0 N–H and O–H groups in total. The Kier molecular flexibility index (Phi) is 5.74. The van der Waals surface area contributed by atoms with Gasteiger partial charge in [0.25, 0.3) is 0 Å². The van der Waals surface area contributed by atoms with Gasteiger partial charge >= 0.3 is 12.3 Å².